The van der Waals surface area contributed by atoms with E-state index in [1.807, 2.05) is 11.8 Å². The van der Waals surface area contributed by atoms with Crippen molar-refractivity contribution in [3.63, 3.8) is 0 Å². The monoisotopic (exact) mass is 231 g/mol. The number of rotatable bonds is 4. The van der Waals surface area contributed by atoms with E-state index in [9.17, 15) is 9.59 Å². The fourth-order valence-electron chi connectivity index (χ4n) is 1.16. The highest BCUT2D eigenvalue weighted by Gasteiger charge is 2.19. The van der Waals surface area contributed by atoms with Gasteiger partial charge in [0, 0.05) is 6.92 Å². The van der Waals surface area contributed by atoms with Gasteiger partial charge in [-0.05, 0) is 24.3 Å². The van der Waals surface area contributed by atoms with E-state index in [1.54, 1.807) is 0 Å². The Kier molecular flexibility index (Phi) is 4.61. The van der Waals surface area contributed by atoms with Crippen LogP contribution in [0.2, 0.25) is 0 Å². The van der Waals surface area contributed by atoms with Crippen LogP contribution in [0.5, 0.6) is 0 Å². The number of aliphatic carboxylic acids is 1. The van der Waals surface area contributed by atoms with Crippen molar-refractivity contribution in [2.45, 2.75) is 25.9 Å². The summed E-state index contributed by atoms with van der Waals surface area (Å²) in [6.07, 6.45) is 1.64. The number of oxime groups is 1. The molecule has 1 heterocycles. The molecule has 84 valence electrons. The molecule has 15 heavy (non-hydrogen) atoms. The van der Waals surface area contributed by atoms with Gasteiger partial charge in [-0.2, -0.15) is 11.8 Å². The maximum Gasteiger partial charge on any atom is 0.361 e. The molecule has 1 aliphatic heterocycles. The summed E-state index contributed by atoms with van der Waals surface area (Å²) in [4.78, 5) is 26.5. The van der Waals surface area contributed by atoms with Crippen molar-refractivity contribution in [1.82, 2.24) is 0 Å². The molecule has 1 aliphatic rings. The average molecular weight is 231 g/mol. The van der Waals surface area contributed by atoms with E-state index in [0.717, 1.165) is 31.3 Å². The first-order chi connectivity index (χ1) is 7.11. The number of carbonyl (C=O) groups excluding carboxylic acids is 1. The SMILES string of the molecule is CC(=O)C(=NOC1CCSCC1)C(=O)O. The zero-order valence-electron chi connectivity index (χ0n) is 8.43. The Balaban J connectivity index is 2.52. The van der Waals surface area contributed by atoms with Crippen LogP contribution in [0.3, 0.4) is 0 Å². The largest absolute Gasteiger partial charge is 0.476 e. The maximum atomic E-state index is 10.9. The number of ketones is 1. The third-order valence-corrected chi connectivity index (χ3v) is 3.05. The lowest BCUT2D eigenvalue weighted by molar-refractivity contribution is -0.130. The van der Waals surface area contributed by atoms with Crippen LogP contribution in [0.15, 0.2) is 5.16 Å². The molecule has 0 saturated carbocycles. The fourth-order valence-corrected chi connectivity index (χ4v) is 2.23. The summed E-state index contributed by atoms with van der Waals surface area (Å²) in [6, 6.07) is 0. The number of hydrogen-bond acceptors (Lipinski definition) is 5. The van der Waals surface area contributed by atoms with Crippen LogP contribution in [0, 0.1) is 0 Å². The van der Waals surface area contributed by atoms with E-state index in [2.05, 4.69) is 5.16 Å². The molecular weight excluding hydrogens is 218 g/mol. The smallest absolute Gasteiger partial charge is 0.361 e. The molecule has 0 aromatic carbocycles. The molecule has 6 heteroatoms. The molecule has 0 unspecified atom stereocenters. The van der Waals surface area contributed by atoms with Crippen LogP contribution in [-0.4, -0.2) is 40.2 Å². The van der Waals surface area contributed by atoms with E-state index in [-0.39, 0.29) is 6.10 Å². The van der Waals surface area contributed by atoms with Crippen LogP contribution >= 0.6 is 11.8 Å². The van der Waals surface area contributed by atoms with E-state index < -0.39 is 17.5 Å². The van der Waals surface area contributed by atoms with Gasteiger partial charge < -0.3 is 9.94 Å². The first kappa shape index (κ1) is 12.0. The molecule has 1 rings (SSSR count). The molecule has 0 aromatic heterocycles. The van der Waals surface area contributed by atoms with Gasteiger partial charge in [0.15, 0.2) is 5.78 Å². The molecule has 5 nitrogen and oxygen atoms in total. The Hall–Kier alpha value is -1.04. The lowest BCUT2D eigenvalue weighted by Gasteiger charge is -2.18. The second-order valence-electron chi connectivity index (χ2n) is 3.22. The van der Waals surface area contributed by atoms with Gasteiger partial charge in [-0.15, -0.1) is 0 Å². The molecule has 1 saturated heterocycles. The summed E-state index contributed by atoms with van der Waals surface area (Å²) >= 11 is 1.83. The summed E-state index contributed by atoms with van der Waals surface area (Å²) in [5.74, 6) is 0.0473. The van der Waals surface area contributed by atoms with E-state index in [1.165, 1.54) is 0 Å². The Morgan fingerprint density at radius 2 is 2.00 bits per heavy atom. The number of hydrogen-bond donors (Lipinski definition) is 1. The van der Waals surface area contributed by atoms with Crippen LogP contribution in [0.4, 0.5) is 0 Å². The first-order valence-electron chi connectivity index (χ1n) is 4.67. The number of carboxylic acids is 1. The van der Waals surface area contributed by atoms with Crippen molar-refractivity contribution in [1.29, 1.82) is 0 Å². The second kappa shape index (κ2) is 5.75. The van der Waals surface area contributed by atoms with Crippen molar-refractivity contribution < 1.29 is 19.5 Å². The number of Topliss-reactive ketones (excluding diaryl/α,β-unsaturated/α-hetero) is 1. The minimum Gasteiger partial charge on any atom is -0.476 e. The maximum absolute atomic E-state index is 10.9. The predicted octanol–water partition coefficient (Wildman–Crippen LogP) is 0.928. The summed E-state index contributed by atoms with van der Waals surface area (Å²) in [5.41, 5.74) is -0.534. The van der Waals surface area contributed by atoms with Crippen LogP contribution in [-0.2, 0) is 14.4 Å². The molecule has 0 amide bonds. The minimum absolute atomic E-state index is 0.0556. The molecule has 0 spiro atoms. The van der Waals surface area contributed by atoms with Crippen molar-refractivity contribution in [3.05, 3.63) is 0 Å². The fraction of sp³-hybridized carbons (Fsp3) is 0.667. The molecule has 0 bridgehead atoms. The van der Waals surface area contributed by atoms with Gasteiger partial charge >= 0.3 is 5.97 Å². The number of carboxylic acid groups (broad SMARTS) is 1. The zero-order chi connectivity index (χ0) is 11.3. The van der Waals surface area contributed by atoms with E-state index >= 15 is 0 Å². The normalized spacial score (nSPS) is 18.6. The lowest BCUT2D eigenvalue weighted by atomic mass is 10.2. The molecule has 0 aliphatic carbocycles. The van der Waals surface area contributed by atoms with Gasteiger partial charge in [0.2, 0.25) is 5.71 Å². The third kappa shape index (κ3) is 3.91. The van der Waals surface area contributed by atoms with Crippen molar-refractivity contribution >= 4 is 29.2 Å². The van der Waals surface area contributed by atoms with Gasteiger partial charge in [0.25, 0.3) is 0 Å². The molecule has 0 aromatic rings. The Bertz CT molecular complexity index is 268. The summed E-state index contributed by atoms with van der Waals surface area (Å²) in [7, 11) is 0. The number of carbonyl (C=O) groups is 2. The number of thioether (sulfide) groups is 1. The lowest BCUT2D eigenvalue weighted by Crippen LogP contribution is -2.24. The van der Waals surface area contributed by atoms with Gasteiger partial charge in [-0.1, -0.05) is 5.16 Å². The Morgan fingerprint density at radius 3 is 2.47 bits per heavy atom. The average Bonchev–Trinajstić information content (AvgIpc) is 2.18. The molecule has 0 radical (unpaired) electrons. The molecule has 1 fully saturated rings. The molecule has 0 atom stereocenters. The van der Waals surface area contributed by atoms with E-state index in [0.29, 0.717) is 0 Å². The van der Waals surface area contributed by atoms with Crippen molar-refractivity contribution in [3.8, 4) is 0 Å². The Morgan fingerprint density at radius 1 is 1.40 bits per heavy atom. The van der Waals surface area contributed by atoms with Crippen LogP contribution in [0.1, 0.15) is 19.8 Å². The highest BCUT2D eigenvalue weighted by molar-refractivity contribution is 7.99. The van der Waals surface area contributed by atoms with Crippen molar-refractivity contribution in [2.24, 2.45) is 5.16 Å². The Labute approximate surface area is 91.9 Å². The first-order valence-corrected chi connectivity index (χ1v) is 5.82. The quantitative estimate of drug-likeness (QED) is 0.442. The van der Waals surface area contributed by atoms with Gasteiger partial charge in [-0.25, -0.2) is 4.79 Å². The zero-order valence-corrected chi connectivity index (χ0v) is 9.25. The molecular formula is C9H13NO4S. The molecule has 1 N–H and O–H groups in total. The van der Waals surface area contributed by atoms with Gasteiger partial charge in [0.05, 0.1) is 0 Å². The van der Waals surface area contributed by atoms with Gasteiger partial charge in [0.1, 0.15) is 6.10 Å². The second-order valence-corrected chi connectivity index (χ2v) is 4.44. The predicted molar refractivity (Wildman–Crippen MR) is 57.2 cm³/mol. The summed E-state index contributed by atoms with van der Waals surface area (Å²) in [5, 5.41) is 12.0. The minimum atomic E-state index is -1.34. The summed E-state index contributed by atoms with van der Waals surface area (Å²) in [6.45, 7) is 1.16. The number of nitrogens with zero attached hydrogens (tertiary/aromatic N) is 1. The van der Waals surface area contributed by atoms with E-state index in [4.69, 9.17) is 9.94 Å². The van der Waals surface area contributed by atoms with Crippen LogP contribution in [0.25, 0.3) is 0 Å². The highest BCUT2D eigenvalue weighted by Crippen LogP contribution is 2.19. The summed E-state index contributed by atoms with van der Waals surface area (Å²) < 4.78 is 0. The third-order valence-electron chi connectivity index (χ3n) is 2.00. The standard InChI is InChI=1S/C9H13NO4S/c1-6(11)8(9(12)13)10-14-7-2-4-15-5-3-7/h7H,2-5H2,1H3,(H,12,13). The van der Waals surface area contributed by atoms with Gasteiger partial charge in [-0.3, -0.25) is 4.79 Å². The topological polar surface area (TPSA) is 76.0 Å². The van der Waals surface area contributed by atoms with Crippen LogP contribution < -0.4 is 0 Å². The highest BCUT2D eigenvalue weighted by atomic mass is 32.2. The van der Waals surface area contributed by atoms with Crippen molar-refractivity contribution in [2.75, 3.05) is 11.5 Å².